The van der Waals surface area contributed by atoms with Crippen LogP contribution in [0.25, 0.3) is 56.1 Å². The second kappa shape index (κ2) is 13.7. The van der Waals surface area contributed by atoms with Crippen LogP contribution >= 0.6 is 0 Å². The van der Waals surface area contributed by atoms with Gasteiger partial charge in [0.2, 0.25) is 5.89 Å². The van der Waals surface area contributed by atoms with E-state index in [0.717, 1.165) is 39.0 Å². The first-order valence-electron chi connectivity index (χ1n) is 17.0. The van der Waals surface area contributed by atoms with E-state index in [1.54, 1.807) is 12.1 Å². The SMILES string of the molecule is CC(C)c1cc(-c2cc(-c3cc(C(C)(C)C)ccn3)[c-]c(-c3cc(C(C)(C)C)cc4oc(-c5ccccc5O)nc34)c2)cc(C(C)C)c1.[Pt]. The van der Waals surface area contributed by atoms with Crippen molar-refractivity contribution in [2.24, 2.45) is 0 Å². The molecule has 1 N–H and O–H groups in total. The molecule has 2 heterocycles. The number of pyridine rings is 1. The second-order valence-electron chi connectivity index (χ2n) is 15.7. The van der Waals surface area contributed by atoms with Crippen LogP contribution in [0.15, 0.2) is 89.5 Å². The number of hydrogen-bond acceptors (Lipinski definition) is 4. The van der Waals surface area contributed by atoms with Gasteiger partial charge in [-0.15, -0.1) is 23.8 Å². The van der Waals surface area contributed by atoms with Crippen molar-refractivity contribution < 1.29 is 30.6 Å². The summed E-state index contributed by atoms with van der Waals surface area (Å²) in [5.41, 5.74) is 12.7. The zero-order valence-corrected chi connectivity index (χ0v) is 32.6. The number of phenols is 1. The van der Waals surface area contributed by atoms with Crippen LogP contribution in [0.3, 0.4) is 0 Å². The Morgan fingerprint density at radius 3 is 1.90 bits per heavy atom. The summed E-state index contributed by atoms with van der Waals surface area (Å²) in [4.78, 5) is 9.87. The van der Waals surface area contributed by atoms with Crippen LogP contribution in [-0.4, -0.2) is 15.1 Å². The smallest absolute Gasteiger partial charge is 0.230 e. The summed E-state index contributed by atoms with van der Waals surface area (Å²) in [6.07, 6.45) is 1.90. The van der Waals surface area contributed by atoms with E-state index >= 15 is 0 Å². The number of hydrogen-bond donors (Lipinski definition) is 1. The molecule has 0 saturated heterocycles. The molecule has 6 aromatic rings. The molecule has 0 amide bonds. The minimum absolute atomic E-state index is 0. The van der Waals surface area contributed by atoms with E-state index in [-0.39, 0.29) is 37.6 Å². The molecule has 0 aliphatic carbocycles. The molecule has 2 aromatic heterocycles. The molecule has 4 nitrogen and oxygen atoms in total. The fourth-order valence-corrected chi connectivity index (χ4v) is 6.01. The van der Waals surface area contributed by atoms with Crippen LogP contribution in [0.4, 0.5) is 0 Å². The molecule has 0 unspecified atom stereocenters. The van der Waals surface area contributed by atoms with Gasteiger partial charge in [0, 0.05) is 33.0 Å². The third kappa shape index (κ3) is 7.60. The van der Waals surface area contributed by atoms with Crippen LogP contribution in [0.1, 0.15) is 103 Å². The summed E-state index contributed by atoms with van der Waals surface area (Å²) >= 11 is 0. The largest absolute Gasteiger partial charge is 0.507 e. The number of phenolic OH excluding ortho intramolecular Hbond substituents is 1. The van der Waals surface area contributed by atoms with E-state index in [4.69, 9.17) is 14.4 Å². The van der Waals surface area contributed by atoms with Crippen LogP contribution in [0.5, 0.6) is 5.75 Å². The maximum Gasteiger partial charge on any atom is 0.230 e. The quantitative estimate of drug-likeness (QED) is 0.170. The van der Waals surface area contributed by atoms with Gasteiger partial charge in [0.15, 0.2) is 0 Å². The number of rotatable bonds is 6. The topological polar surface area (TPSA) is 59.2 Å². The van der Waals surface area contributed by atoms with Crippen molar-refractivity contribution in [2.45, 2.75) is 91.9 Å². The number of para-hydroxylation sites is 1. The summed E-state index contributed by atoms with van der Waals surface area (Å²) in [6.45, 7) is 22.3. The van der Waals surface area contributed by atoms with Crippen molar-refractivity contribution in [1.29, 1.82) is 0 Å². The minimum Gasteiger partial charge on any atom is -0.507 e. The number of nitrogens with zero attached hydrogens (tertiary/aromatic N) is 2. The number of fused-ring (bicyclic) bond motifs is 1. The predicted molar refractivity (Wildman–Crippen MR) is 200 cm³/mol. The third-order valence-electron chi connectivity index (χ3n) is 9.20. The van der Waals surface area contributed by atoms with Crippen LogP contribution in [0.2, 0.25) is 0 Å². The number of benzene rings is 4. The Balaban J connectivity index is 0.00000468. The normalized spacial score (nSPS) is 12.2. The molecule has 0 atom stereocenters. The molecular weight excluding hydrogens is 784 g/mol. The van der Waals surface area contributed by atoms with Crippen LogP contribution < -0.4 is 0 Å². The van der Waals surface area contributed by atoms with Gasteiger partial charge >= 0.3 is 0 Å². The first kappa shape index (κ1) is 36.3. The molecule has 0 aliphatic heterocycles. The van der Waals surface area contributed by atoms with Crippen molar-refractivity contribution in [3.05, 3.63) is 113 Å². The zero-order valence-electron chi connectivity index (χ0n) is 30.3. The van der Waals surface area contributed by atoms with Crippen LogP contribution in [-0.2, 0) is 31.9 Å². The molecule has 0 radical (unpaired) electrons. The van der Waals surface area contributed by atoms with Gasteiger partial charge in [-0.1, -0.05) is 128 Å². The van der Waals surface area contributed by atoms with Gasteiger partial charge in [-0.25, -0.2) is 4.98 Å². The van der Waals surface area contributed by atoms with Gasteiger partial charge in [0.1, 0.15) is 11.3 Å². The molecule has 6 rings (SSSR count). The van der Waals surface area contributed by atoms with E-state index in [1.807, 2.05) is 18.3 Å². The van der Waals surface area contributed by atoms with Gasteiger partial charge in [0.05, 0.1) is 11.1 Å². The average molecular weight is 831 g/mol. The molecule has 0 aliphatic rings. The predicted octanol–water partition coefficient (Wildman–Crippen LogP) is 12.2. The number of oxazole rings is 1. The van der Waals surface area contributed by atoms with Gasteiger partial charge in [0.25, 0.3) is 0 Å². The molecule has 256 valence electrons. The second-order valence-corrected chi connectivity index (χ2v) is 15.7. The monoisotopic (exact) mass is 830 g/mol. The first-order chi connectivity index (χ1) is 22.6. The summed E-state index contributed by atoms with van der Waals surface area (Å²) in [5.74, 6) is 1.31. The molecule has 4 aromatic carbocycles. The Hall–Kier alpha value is -4.01. The Morgan fingerprint density at radius 2 is 1.29 bits per heavy atom. The molecule has 0 saturated carbocycles. The van der Waals surface area contributed by atoms with Crippen molar-refractivity contribution >= 4 is 11.1 Å². The maximum absolute atomic E-state index is 10.7. The summed E-state index contributed by atoms with van der Waals surface area (Å²) in [5, 5.41) is 10.7. The van der Waals surface area contributed by atoms with E-state index in [1.165, 1.54) is 22.3 Å². The number of aromatic nitrogens is 2. The molecular formula is C44H47N2O2Pt-. The Morgan fingerprint density at radius 1 is 0.673 bits per heavy atom. The molecule has 0 bridgehead atoms. The zero-order chi connectivity index (χ0) is 34.5. The van der Waals surface area contributed by atoms with Gasteiger partial charge < -0.3 is 9.52 Å². The maximum atomic E-state index is 10.7. The molecule has 0 fully saturated rings. The van der Waals surface area contributed by atoms with Crippen molar-refractivity contribution in [3.8, 4) is 50.7 Å². The van der Waals surface area contributed by atoms with E-state index < -0.39 is 0 Å². The van der Waals surface area contributed by atoms with E-state index in [2.05, 4.69) is 130 Å². The van der Waals surface area contributed by atoms with Gasteiger partial charge in [-0.2, -0.15) is 0 Å². The van der Waals surface area contributed by atoms with Gasteiger partial charge in [-0.3, -0.25) is 4.98 Å². The van der Waals surface area contributed by atoms with Crippen molar-refractivity contribution in [3.63, 3.8) is 0 Å². The fourth-order valence-electron chi connectivity index (χ4n) is 6.01. The van der Waals surface area contributed by atoms with E-state index in [9.17, 15) is 5.11 Å². The van der Waals surface area contributed by atoms with E-state index in [0.29, 0.717) is 28.9 Å². The summed E-state index contributed by atoms with van der Waals surface area (Å²) < 4.78 is 6.40. The van der Waals surface area contributed by atoms with Crippen molar-refractivity contribution in [2.75, 3.05) is 0 Å². The Kier molecular flexibility index (Phi) is 10.2. The van der Waals surface area contributed by atoms with Crippen molar-refractivity contribution in [1.82, 2.24) is 9.97 Å². The third-order valence-corrected chi connectivity index (χ3v) is 9.20. The summed E-state index contributed by atoms with van der Waals surface area (Å²) in [6, 6.07) is 31.0. The molecule has 49 heavy (non-hydrogen) atoms. The number of aromatic hydroxyl groups is 1. The molecule has 5 heteroatoms. The molecule has 0 spiro atoms. The van der Waals surface area contributed by atoms with Gasteiger partial charge in [-0.05, 0) is 74.7 Å². The fraction of sp³-hybridized carbons (Fsp3) is 0.318. The minimum atomic E-state index is -0.147. The Labute approximate surface area is 306 Å². The first-order valence-corrected chi connectivity index (χ1v) is 17.0. The Bertz CT molecular complexity index is 2100. The summed E-state index contributed by atoms with van der Waals surface area (Å²) in [7, 11) is 0. The standard InChI is InChI=1S/C44H47N2O2.Pt/c1-26(2)28-17-29(27(3)4)19-30(18-28)31-20-32(22-33(21-31)38-24-34(15-16-45-38)43(5,6)7)37-23-35(44(8,9)10)25-40-41(37)46-42(48-40)36-13-11-12-14-39(36)47;/h11-21,23-27,47H,1-10H3;/q-1;. The van der Waals surface area contributed by atoms with Crippen LogP contribution in [0, 0.1) is 6.07 Å². The average Bonchev–Trinajstić information content (AvgIpc) is 3.47.